The number of anilines is 1. The molecule has 4 heteroatoms. The van der Waals surface area contributed by atoms with E-state index in [1.807, 2.05) is 0 Å². The van der Waals surface area contributed by atoms with Crippen LogP contribution in [-0.4, -0.2) is 11.8 Å². The normalized spacial score (nSPS) is 35.3. The second-order valence-electron chi connectivity index (χ2n) is 5.49. The number of rotatable bonds is 1. The first-order chi connectivity index (χ1) is 9.16. The molecule has 3 aliphatic rings. The molecule has 1 aromatic rings. The van der Waals surface area contributed by atoms with Gasteiger partial charge in [-0.2, -0.15) is 0 Å². The average molecular weight is 257 g/mol. The van der Waals surface area contributed by atoms with Crippen molar-refractivity contribution in [3.8, 4) is 0 Å². The SMILES string of the molecule is O=C1[C@@H]2[C@H](C(=O)N1c1ccc(F)cc1)[C@H]1C=C[C@H]2C1. The van der Waals surface area contributed by atoms with Crippen LogP contribution in [0.25, 0.3) is 0 Å². The Morgan fingerprint density at radius 1 is 0.947 bits per heavy atom. The molecule has 1 saturated carbocycles. The van der Waals surface area contributed by atoms with Crippen LogP contribution in [0.2, 0.25) is 0 Å². The van der Waals surface area contributed by atoms with Crippen LogP contribution < -0.4 is 4.90 Å². The summed E-state index contributed by atoms with van der Waals surface area (Å²) in [5.41, 5.74) is 0.477. The van der Waals surface area contributed by atoms with Gasteiger partial charge in [0.05, 0.1) is 17.5 Å². The number of fused-ring (bicyclic) bond motifs is 5. The first-order valence-corrected chi connectivity index (χ1v) is 6.48. The van der Waals surface area contributed by atoms with Crippen molar-refractivity contribution < 1.29 is 14.0 Å². The molecule has 3 nitrogen and oxygen atoms in total. The third-order valence-electron chi connectivity index (χ3n) is 4.56. The number of nitrogens with zero attached hydrogens (tertiary/aromatic N) is 1. The zero-order valence-corrected chi connectivity index (χ0v) is 10.1. The number of imide groups is 1. The van der Waals surface area contributed by atoms with Crippen molar-refractivity contribution in [3.63, 3.8) is 0 Å². The lowest BCUT2D eigenvalue weighted by atomic mass is 9.85. The van der Waals surface area contributed by atoms with E-state index in [0.717, 1.165) is 6.42 Å². The molecular weight excluding hydrogens is 245 g/mol. The van der Waals surface area contributed by atoms with Crippen LogP contribution in [0.1, 0.15) is 6.42 Å². The van der Waals surface area contributed by atoms with E-state index in [4.69, 9.17) is 0 Å². The minimum absolute atomic E-state index is 0.126. The Morgan fingerprint density at radius 2 is 1.47 bits per heavy atom. The Morgan fingerprint density at radius 3 is 2.00 bits per heavy atom. The van der Waals surface area contributed by atoms with Crippen molar-refractivity contribution in [2.75, 3.05) is 4.90 Å². The molecule has 0 aromatic heterocycles. The van der Waals surface area contributed by atoms with Gasteiger partial charge in [0.1, 0.15) is 5.82 Å². The molecule has 0 spiro atoms. The molecule has 2 fully saturated rings. The molecule has 0 unspecified atom stereocenters. The van der Waals surface area contributed by atoms with Gasteiger partial charge < -0.3 is 0 Å². The molecule has 1 aromatic carbocycles. The minimum Gasteiger partial charge on any atom is -0.274 e. The number of carbonyl (C=O) groups excluding carboxylic acids is 2. The van der Waals surface area contributed by atoms with Gasteiger partial charge in [0.15, 0.2) is 0 Å². The van der Waals surface area contributed by atoms with E-state index in [-0.39, 0.29) is 41.3 Å². The van der Waals surface area contributed by atoms with E-state index >= 15 is 0 Å². The second kappa shape index (κ2) is 3.53. The van der Waals surface area contributed by atoms with Crippen LogP contribution in [0.4, 0.5) is 10.1 Å². The summed E-state index contributed by atoms with van der Waals surface area (Å²) in [5.74, 6) is -0.615. The van der Waals surface area contributed by atoms with Crippen molar-refractivity contribution in [3.05, 3.63) is 42.2 Å². The molecule has 1 heterocycles. The molecule has 0 radical (unpaired) electrons. The maximum Gasteiger partial charge on any atom is 0.238 e. The molecule has 1 aliphatic heterocycles. The first kappa shape index (κ1) is 10.9. The highest BCUT2D eigenvalue weighted by Gasteiger charge is 2.59. The largest absolute Gasteiger partial charge is 0.274 e. The van der Waals surface area contributed by atoms with Gasteiger partial charge in [-0.05, 0) is 42.5 Å². The molecule has 1 saturated heterocycles. The van der Waals surface area contributed by atoms with Crippen LogP contribution >= 0.6 is 0 Å². The molecule has 96 valence electrons. The standard InChI is InChI=1S/C15H12FNO2/c16-10-3-5-11(6-4-10)17-14(18)12-8-1-2-9(7-8)13(12)15(17)19/h1-6,8-9,12-13H,7H2/t8-,9-,12-,13+/m0/s1. The van der Waals surface area contributed by atoms with Crippen molar-refractivity contribution in [2.45, 2.75) is 6.42 Å². The number of hydrogen-bond donors (Lipinski definition) is 0. The van der Waals surface area contributed by atoms with Gasteiger partial charge in [-0.15, -0.1) is 0 Å². The molecule has 19 heavy (non-hydrogen) atoms. The third kappa shape index (κ3) is 1.31. The topological polar surface area (TPSA) is 37.4 Å². The van der Waals surface area contributed by atoms with Gasteiger partial charge in [-0.25, -0.2) is 4.39 Å². The molecule has 0 N–H and O–H groups in total. The van der Waals surface area contributed by atoms with Crippen LogP contribution in [0.15, 0.2) is 36.4 Å². The highest BCUT2D eigenvalue weighted by Crippen LogP contribution is 2.53. The van der Waals surface area contributed by atoms with Crippen LogP contribution in [0, 0.1) is 29.5 Å². The lowest BCUT2D eigenvalue weighted by Gasteiger charge is -2.17. The fourth-order valence-corrected chi connectivity index (χ4v) is 3.75. The Kier molecular flexibility index (Phi) is 2.03. The first-order valence-electron chi connectivity index (χ1n) is 6.48. The lowest BCUT2D eigenvalue weighted by molar-refractivity contribution is -0.123. The van der Waals surface area contributed by atoms with Gasteiger partial charge in [0.2, 0.25) is 11.8 Å². The van der Waals surface area contributed by atoms with Crippen LogP contribution in [0.5, 0.6) is 0 Å². The monoisotopic (exact) mass is 257 g/mol. The predicted octanol–water partition coefficient (Wildman–Crippen LogP) is 2.14. The van der Waals surface area contributed by atoms with Crippen LogP contribution in [0.3, 0.4) is 0 Å². The van der Waals surface area contributed by atoms with Gasteiger partial charge in [-0.3, -0.25) is 14.5 Å². The summed E-state index contributed by atoms with van der Waals surface area (Å²) in [7, 11) is 0. The fraction of sp³-hybridized carbons (Fsp3) is 0.333. The van der Waals surface area contributed by atoms with E-state index in [0.29, 0.717) is 5.69 Å². The fourth-order valence-electron chi connectivity index (χ4n) is 3.75. The molecular formula is C15H12FNO2. The van der Waals surface area contributed by atoms with Gasteiger partial charge >= 0.3 is 0 Å². The van der Waals surface area contributed by atoms with E-state index < -0.39 is 0 Å². The Labute approximate surface area is 109 Å². The number of carbonyl (C=O) groups is 2. The maximum atomic E-state index is 12.9. The molecule has 4 rings (SSSR count). The number of benzene rings is 1. The summed E-state index contributed by atoms with van der Waals surface area (Å²) in [6, 6.07) is 5.52. The Bertz CT molecular complexity index is 577. The smallest absolute Gasteiger partial charge is 0.238 e. The zero-order chi connectivity index (χ0) is 13.1. The second-order valence-corrected chi connectivity index (χ2v) is 5.49. The number of amides is 2. The predicted molar refractivity (Wildman–Crippen MR) is 66.6 cm³/mol. The zero-order valence-electron chi connectivity index (χ0n) is 10.1. The minimum atomic E-state index is -0.371. The molecule has 2 bridgehead atoms. The summed E-state index contributed by atoms with van der Waals surface area (Å²) in [5, 5.41) is 0. The van der Waals surface area contributed by atoms with Crippen molar-refractivity contribution in [1.29, 1.82) is 0 Å². The summed E-state index contributed by atoms with van der Waals surface area (Å²) in [4.78, 5) is 26.1. The lowest BCUT2D eigenvalue weighted by Crippen LogP contribution is -2.32. The van der Waals surface area contributed by atoms with E-state index in [9.17, 15) is 14.0 Å². The Hall–Kier alpha value is -1.97. The maximum absolute atomic E-state index is 12.9. The van der Waals surface area contributed by atoms with Crippen molar-refractivity contribution in [1.82, 2.24) is 0 Å². The Balaban J connectivity index is 1.74. The average Bonchev–Trinajstić information content (AvgIpc) is 3.06. The van der Waals surface area contributed by atoms with Crippen molar-refractivity contribution in [2.24, 2.45) is 23.7 Å². The quantitative estimate of drug-likeness (QED) is 0.571. The molecule has 2 amide bonds. The van der Waals surface area contributed by atoms with Gasteiger partial charge in [0.25, 0.3) is 0 Å². The highest BCUT2D eigenvalue weighted by atomic mass is 19.1. The molecule has 4 atom stereocenters. The summed E-state index contributed by atoms with van der Waals surface area (Å²) < 4.78 is 12.9. The van der Waals surface area contributed by atoms with E-state index in [1.54, 1.807) is 0 Å². The van der Waals surface area contributed by atoms with Gasteiger partial charge in [-0.1, -0.05) is 12.2 Å². The summed E-state index contributed by atoms with van der Waals surface area (Å²) >= 11 is 0. The third-order valence-corrected chi connectivity index (χ3v) is 4.56. The van der Waals surface area contributed by atoms with E-state index in [2.05, 4.69) is 12.2 Å². The summed E-state index contributed by atoms with van der Waals surface area (Å²) in [6.45, 7) is 0. The van der Waals surface area contributed by atoms with Crippen molar-refractivity contribution >= 4 is 17.5 Å². The highest BCUT2D eigenvalue weighted by molar-refractivity contribution is 6.22. The number of hydrogen-bond acceptors (Lipinski definition) is 2. The van der Waals surface area contributed by atoms with Crippen LogP contribution in [-0.2, 0) is 9.59 Å². The molecule has 2 aliphatic carbocycles. The number of allylic oxidation sites excluding steroid dienone is 2. The van der Waals surface area contributed by atoms with E-state index in [1.165, 1.54) is 29.2 Å². The van der Waals surface area contributed by atoms with Gasteiger partial charge in [0, 0.05) is 0 Å². The number of halogens is 1. The summed E-state index contributed by atoms with van der Waals surface area (Å²) in [6.07, 6.45) is 5.04.